The first-order valence-corrected chi connectivity index (χ1v) is 9.27. The second-order valence-electron chi connectivity index (χ2n) is 7.29. The third-order valence-electron chi connectivity index (χ3n) is 5.40. The molecule has 0 bridgehead atoms. The zero-order chi connectivity index (χ0) is 17.5. The largest absolute Gasteiger partial charge is 0.370 e. The molecule has 0 aromatic carbocycles. The molecule has 1 N–H and O–H groups in total. The molecule has 1 aliphatic heterocycles. The molecule has 1 saturated carbocycles. The van der Waals surface area contributed by atoms with E-state index in [1.165, 1.54) is 19.3 Å². The van der Waals surface area contributed by atoms with Gasteiger partial charge < -0.3 is 10.2 Å². The van der Waals surface area contributed by atoms with Crippen LogP contribution in [-0.4, -0.2) is 49.4 Å². The van der Waals surface area contributed by atoms with Gasteiger partial charge in [-0.15, -0.1) is 15.3 Å². The van der Waals surface area contributed by atoms with Gasteiger partial charge in [-0.25, -0.2) is 9.97 Å². The van der Waals surface area contributed by atoms with Crippen molar-refractivity contribution in [3.05, 3.63) is 36.0 Å². The third-order valence-corrected chi connectivity index (χ3v) is 5.40. The van der Waals surface area contributed by atoms with Crippen molar-refractivity contribution in [2.24, 2.45) is 5.92 Å². The lowest BCUT2D eigenvalue weighted by atomic mass is 9.85. The van der Waals surface area contributed by atoms with Crippen LogP contribution in [-0.2, 0) is 0 Å². The summed E-state index contributed by atoms with van der Waals surface area (Å²) < 4.78 is 1.80. The fourth-order valence-electron chi connectivity index (χ4n) is 3.53. The predicted molar refractivity (Wildman–Crippen MR) is 98.3 cm³/mol. The van der Waals surface area contributed by atoms with E-state index in [0.29, 0.717) is 11.8 Å². The van der Waals surface area contributed by atoms with Gasteiger partial charge >= 0.3 is 0 Å². The highest BCUT2D eigenvalue weighted by molar-refractivity contribution is 5.47. The first-order valence-electron chi connectivity index (χ1n) is 9.27. The summed E-state index contributed by atoms with van der Waals surface area (Å²) in [7, 11) is 0. The van der Waals surface area contributed by atoms with Gasteiger partial charge in [-0.1, -0.05) is 6.42 Å². The van der Waals surface area contributed by atoms with Gasteiger partial charge in [0.25, 0.3) is 0 Å². The average molecular weight is 350 g/mol. The first-order chi connectivity index (χ1) is 12.8. The Morgan fingerprint density at radius 2 is 2.04 bits per heavy atom. The van der Waals surface area contributed by atoms with E-state index in [2.05, 4.69) is 35.5 Å². The standard InChI is InChI=1S/C18H22N8/c1-12-22-23-16-5-6-17(24-26(12)16)25-10-13(11-25)9-20-15-7-8-19-18(21-15)14-3-2-4-14/h5-8,13-14H,2-4,9-11H2,1H3,(H,19,20,21). The summed E-state index contributed by atoms with van der Waals surface area (Å²) in [6, 6.07) is 5.95. The Balaban J connectivity index is 1.17. The van der Waals surface area contributed by atoms with E-state index in [9.17, 15) is 0 Å². The van der Waals surface area contributed by atoms with E-state index >= 15 is 0 Å². The molecular formula is C18H22N8. The van der Waals surface area contributed by atoms with Crippen LogP contribution in [0, 0.1) is 12.8 Å². The van der Waals surface area contributed by atoms with E-state index in [-0.39, 0.29) is 0 Å². The molecule has 3 aromatic rings. The van der Waals surface area contributed by atoms with E-state index in [1.54, 1.807) is 4.52 Å². The summed E-state index contributed by atoms with van der Waals surface area (Å²) in [5.41, 5.74) is 0.788. The summed E-state index contributed by atoms with van der Waals surface area (Å²) in [5.74, 6) is 4.89. The van der Waals surface area contributed by atoms with Crippen LogP contribution in [0.25, 0.3) is 5.65 Å². The number of hydrogen-bond acceptors (Lipinski definition) is 7. The number of nitrogens with zero attached hydrogens (tertiary/aromatic N) is 7. The highest BCUT2D eigenvalue weighted by atomic mass is 15.4. The molecule has 8 heteroatoms. The van der Waals surface area contributed by atoms with Crippen molar-refractivity contribution in [3.63, 3.8) is 0 Å². The molecular weight excluding hydrogens is 328 g/mol. The number of hydrogen-bond donors (Lipinski definition) is 1. The maximum Gasteiger partial charge on any atom is 0.178 e. The molecule has 4 heterocycles. The lowest BCUT2D eigenvalue weighted by Crippen LogP contribution is -2.50. The predicted octanol–water partition coefficient (Wildman–Crippen LogP) is 2.04. The Bertz CT molecular complexity index is 926. The molecule has 2 aliphatic rings. The number of nitrogens with one attached hydrogen (secondary N) is 1. The molecule has 1 aliphatic carbocycles. The maximum atomic E-state index is 4.67. The quantitative estimate of drug-likeness (QED) is 0.754. The maximum absolute atomic E-state index is 4.67. The number of aryl methyl sites for hydroxylation is 1. The summed E-state index contributed by atoms with van der Waals surface area (Å²) >= 11 is 0. The zero-order valence-corrected chi connectivity index (χ0v) is 14.8. The van der Waals surface area contributed by atoms with Crippen molar-refractivity contribution < 1.29 is 0 Å². The summed E-state index contributed by atoms with van der Waals surface area (Å²) in [6.45, 7) is 4.82. The van der Waals surface area contributed by atoms with Crippen molar-refractivity contribution in [2.75, 3.05) is 29.9 Å². The molecule has 0 amide bonds. The van der Waals surface area contributed by atoms with Crippen LogP contribution < -0.4 is 10.2 Å². The second kappa shape index (κ2) is 6.19. The lowest BCUT2D eigenvalue weighted by molar-refractivity contribution is 0.401. The van der Waals surface area contributed by atoms with Crippen LogP contribution in [0.15, 0.2) is 24.4 Å². The summed E-state index contributed by atoms with van der Waals surface area (Å²) in [5, 5.41) is 16.2. The zero-order valence-electron chi connectivity index (χ0n) is 14.8. The normalized spacial score (nSPS) is 18.0. The lowest BCUT2D eigenvalue weighted by Gasteiger charge is -2.40. The number of aromatic nitrogens is 6. The van der Waals surface area contributed by atoms with Gasteiger partial charge in [0.1, 0.15) is 17.5 Å². The third kappa shape index (κ3) is 2.75. The second-order valence-corrected chi connectivity index (χ2v) is 7.29. The minimum atomic E-state index is 0.568. The van der Waals surface area contributed by atoms with Gasteiger partial charge in [-0.05, 0) is 38.0 Å². The summed E-state index contributed by atoms with van der Waals surface area (Å²) in [6.07, 6.45) is 5.63. The van der Waals surface area contributed by atoms with Crippen LogP contribution >= 0.6 is 0 Å². The topological polar surface area (TPSA) is 84.1 Å². The average Bonchev–Trinajstić information content (AvgIpc) is 2.93. The first kappa shape index (κ1) is 15.5. The van der Waals surface area contributed by atoms with Gasteiger partial charge in [-0.3, -0.25) is 0 Å². The fraction of sp³-hybridized carbons (Fsp3) is 0.500. The number of rotatable bonds is 5. The van der Waals surface area contributed by atoms with Crippen LogP contribution in [0.2, 0.25) is 0 Å². The van der Waals surface area contributed by atoms with E-state index in [1.807, 2.05) is 31.3 Å². The van der Waals surface area contributed by atoms with Crippen molar-refractivity contribution in [1.82, 2.24) is 29.8 Å². The van der Waals surface area contributed by atoms with Crippen molar-refractivity contribution in [3.8, 4) is 0 Å². The SMILES string of the molecule is Cc1nnc2ccc(N3CC(CNc4ccnc(C5CCC5)n4)C3)nn12. The van der Waals surface area contributed by atoms with Gasteiger partial charge in [0.2, 0.25) is 0 Å². The van der Waals surface area contributed by atoms with Gasteiger partial charge in [0.15, 0.2) is 11.5 Å². The molecule has 1 saturated heterocycles. The number of anilines is 2. The van der Waals surface area contributed by atoms with Crippen LogP contribution in [0.4, 0.5) is 11.6 Å². The Kier molecular flexibility index (Phi) is 3.69. The van der Waals surface area contributed by atoms with E-state index in [4.69, 9.17) is 0 Å². The van der Waals surface area contributed by atoms with Crippen molar-refractivity contribution in [1.29, 1.82) is 0 Å². The van der Waals surface area contributed by atoms with Gasteiger partial charge in [0, 0.05) is 37.7 Å². The molecule has 3 aromatic heterocycles. The Labute approximate surface area is 151 Å². The summed E-state index contributed by atoms with van der Waals surface area (Å²) in [4.78, 5) is 11.4. The molecule has 0 radical (unpaired) electrons. The molecule has 8 nitrogen and oxygen atoms in total. The highest BCUT2D eigenvalue weighted by Crippen LogP contribution is 2.34. The minimum absolute atomic E-state index is 0.568. The Hall–Kier alpha value is -2.77. The van der Waals surface area contributed by atoms with Crippen molar-refractivity contribution >= 4 is 17.3 Å². The molecule has 0 spiro atoms. The monoisotopic (exact) mass is 350 g/mol. The Morgan fingerprint density at radius 1 is 1.15 bits per heavy atom. The van der Waals surface area contributed by atoms with Crippen LogP contribution in [0.5, 0.6) is 0 Å². The highest BCUT2D eigenvalue weighted by Gasteiger charge is 2.28. The van der Waals surface area contributed by atoms with Crippen LogP contribution in [0.1, 0.15) is 36.8 Å². The van der Waals surface area contributed by atoms with Gasteiger partial charge in [0.05, 0.1) is 0 Å². The number of fused-ring (bicyclic) bond motifs is 1. The Morgan fingerprint density at radius 3 is 2.85 bits per heavy atom. The van der Waals surface area contributed by atoms with E-state index in [0.717, 1.165) is 48.6 Å². The molecule has 2 fully saturated rings. The fourth-order valence-corrected chi connectivity index (χ4v) is 3.53. The van der Waals surface area contributed by atoms with Crippen molar-refractivity contribution in [2.45, 2.75) is 32.1 Å². The minimum Gasteiger partial charge on any atom is -0.370 e. The van der Waals surface area contributed by atoms with Gasteiger partial charge in [-0.2, -0.15) is 4.52 Å². The van der Waals surface area contributed by atoms with Crippen LogP contribution in [0.3, 0.4) is 0 Å². The smallest absolute Gasteiger partial charge is 0.178 e. The molecule has 5 rings (SSSR count). The molecule has 0 unspecified atom stereocenters. The molecule has 0 atom stereocenters. The van der Waals surface area contributed by atoms with E-state index < -0.39 is 0 Å². The molecule has 26 heavy (non-hydrogen) atoms. The molecule has 134 valence electrons.